The SMILES string of the molecule is CO[C@H]1OC(COCc2ccccc2)[C@H](OCc2ccccc2)CC1OCc1ccccc1. The fourth-order valence-electron chi connectivity index (χ4n) is 3.94. The Kier molecular flexibility index (Phi) is 9.04. The quantitative estimate of drug-likeness (QED) is 0.407. The van der Waals surface area contributed by atoms with Gasteiger partial charge in [-0.2, -0.15) is 0 Å². The minimum atomic E-state index is -0.476. The van der Waals surface area contributed by atoms with E-state index in [2.05, 4.69) is 36.4 Å². The van der Waals surface area contributed by atoms with E-state index in [1.54, 1.807) is 7.11 Å². The predicted octanol–water partition coefficient (Wildman–Crippen LogP) is 5.14. The summed E-state index contributed by atoms with van der Waals surface area (Å²) in [5, 5.41) is 0. The predicted molar refractivity (Wildman–Crippen MR) is 126 cm³/mol. The van der Waals surface area contributed by atoms with E-state index < -0.39 is 6.29 Å². The van der Waals surface area contributed by atoms with Gasteiger partial charge in [-0.15, -0.1) is 0 Å². The van der Waals surface area contributed by atoms with Crippen LogP contribution in [-0.4, -0.2) is 38.3 Å². The summed E-state index contributed by atoms with van der Waals surface area (Å²) in [5.74, 6) is 0. The molecule has 5 heteroatoms. The summed E-state index contributed by atoms with van der Waals surface area (Å²) < 4.78 is 30.4. The molecule has 4 atom stereocenters. The molecule has 1 aliphatic rings. The highest BCUT2D eigenvalue weighted by molar-refractivity contribution is 5.15. The van der Waals surface area contributed by atoms with Gasteiger partial charge in [0.2, 0.25) is 0 Å². The molecule has 174 valence electrons. The van der Waals surface area contributed by atoms with Crippen LogP contribution >= 0.6 is 0 Å². The monoisotopic (exact) mass is 448 g/mol. The topological polar surface area (TPSA) is 46.2 Å². The van der Waals surface area contributed by atoms with Crippen molar-refractivity contribution in [3.8, 4) is 0 Å². The highest BCUT2D eigenvalue weighted by Crippen LogP contribution is 2.28. The molecule has 3 aromatic rings. The van der Waals surface area contributed by atoms with Gasteiger partial charge in [0.15, 0.2) is 6.29 Å². The van der Waals surface area contributed by atoms with E-state index in [0.717, 1.165) is 16.7 Å². The summed E-state index contributed by atoms with van der Waals surface area (Å²) in [6.45, 7) is 1.94. The zero-order valence-corrected chi connectivity index (χ0v) is 19.0. The highest BCUT2D eigenvalue weighted by atomic mass is 16.7. The normalized spacial score (nSPS) is 22.8. The van der Waals surface area contributed by atoms with Gasteiger partial charge >= 0.3 is 0 Å². The molecule has 4 rings (SSSR count). The fourth-order valence-corrected chi connectivity index (χ4v) is 3.94. The van der Waals surface area contributed by atoms with Gasteiger partial charge in [0.05, 0.1) is 32.5 Å². The number of benzene rings is 3. The van der Waals surface area contributed by atoms with Crippen molar-refractivity contribution in [3.05, 3.63) is 108 Å². The molecule has 0 aromatic heterocycles. The second-order valence-electron chi connectivity index (χ2n) is 8.19. The van der Waals surface area contributed by atoms with E-state index in [-0.39, 0.29) is 18.3 Å². The van der Waals surface area contributed by atoms with E-state index in [4.69, 9.17) is 23.7 Å². The van der Waals surface area contributed by atoms with Gasteiger partial charge in [-0.1, -0.05) is 91.0 Å². The summed E-state index contributed by atoms with van der Waals surface area (Å²) >= 11 is 0. The molecule has 1 aliphatic heterocycles. The minimum Gasteiger partial charge on any atom is -0.374 e. The van der Waals surface area contributed by atoms with Crippen LogP contribution in [0.25, 0.3) is 0 Å². The summed E-state index contributed by atoms with van der Waals surface area (Å²) in [6, 6.07) is 30.4. The first-order chi connectivity index (χ1) is 16.3. The molecule has 1 saturated heterocycles. The van der Waals surface area contributed by atoms with Crippen LogP contribution in [-0.2, 0) is 43.5 Å². The van der Waals surface area contributed by atoms with Gasteiger partial charge < -0.3 is 23.7 Å². The second kappa shape index (κ2) is 12.6. The van der Waals surface area contributed by atoms with Crippen molar-refractivity contribution in [2.45, 2.75) is 50.8 Å². The number of methoxy groups -OCH3 is 1. The molecule has 0 spiro atoms. The number of rotatable bonds is 11. The van der Waals surface area contributed by atoms with E-state index in [1.807, 2.05) is 54.6 Å². The van der Waals surface area contributed by atoms with E-state index in [1.165, 1.54) is 0 Å². The Morgan fingerprint density at radius 1 is 0.667 bits per heavy atom. The van der Waals surface area contributed by atoms with Crippen LogP contribution in [0.3, 0.4) is 0 Å². The molecule has 1 fully saturated rings. The standard InChI is InChI=1S/C28H32O5/c1-29-28-26(32-20-24-15-9-4-10-16-24)17-25(31-19-23-13-7-3-8-14-23)27(33-28)21-30-18-22-11-5-2-6-12-22/h2-16,25-28H,17-21H2,1H3/t25-,26?,27?,28+/m1/s1. The average Bonchev–Trinajstić information content (AvgIpc) is 2.88. The van der Waals surface area contributed by atoms with Crippen molar-refractivity contribution >= 4 is 0 Å². The summed E-state index contributed by atoms with van der Waals surface area (Å²) in [7, 11) is 1.65. The summed E-state index contributed by atoms with van der Waals surface area (Å²) in [5.41, 5.74) is 3.36. The van der Waals surface area contributed by atoms with Crippen molar-refractivity contribution in [1.82, 2.24) is 0 Å². The van der Waals surface area contributed by atoms with Crippen LogP contribution in [0.5, 0.6) is 0 Å². The molecule has 33 heavy (non-hydrogen) atoms. The first-order valence-corrected chi connectivity index (χ1v) is 11.4. The lowest BCUT2D eigenvalue weighted by atomic mass is 10.0. The number of ether oxygens (including phenoxy) is 5. The maximum Gasteiger partial charge on any atom is 0.184 e. The zero-order valence-electron chi connectivity index (χ0n) is 19.0. The van der Waals surface area contributed by atoms with Gasteiger partial charge in [0, 0.05) is 13.5 Å². The van der Waals surface area contributed by atoms with Gasteiger partial charge in [-0.05, 0) is 16.7 Å². The smallest absolute Gasteiger partial charge is 0.184 e. The molecule has 5 nitrogen and oxygen atoms in total. The lowest BCUT2D eigenvalue weighted by molar-refractivity contribution is -0.283. The number of hydrogen-bond donors (Lipinski definition) is 0. The summed E-state index contributed by atoms with van der Waals surface area (Å²) in [6.07, 6.45) is -0.471. The Hall–Kier alpha value is -2.54. The molecule has 0 amide bonds. The van der Waals surface area contributed by atoms with Gasteiger partial charge in [-0.3, -0.25) is 0 Å². The lowest BCUT2D eigenvalue weighted by Gasteiger charge is -2.40. The Bertz CT molecular complexity index is 919. The van der Waals surface area contributed by atoms with Crippen LogP contribution in [0.4, 0.5) is 0 Å². The van der Waals surface area contributed by atoms with E-state index in [0.29, 0.717) is 32.8 Å². The first-order valence-electron chi connectivity index (χ1n) is 11.4. The van der Waals surface area contributed by atoms with Gasteiger partial charge in [0.1, 0.15) is 12.2 Å². The number of hydrogen-bond acceptors (Lipinski definition) is 5. The molecular weight excluding hydrogens is 416 g/mol. The third-order valence-electron chi connectivity index (χ3n) is 5.73. The lowest BCUT2D eigenvalue weighted by Crippen LogP contribution is -2.51. The molecule has 2 unspecified atom stereocenters. The van der Waals surface area contributed by atoms with Crippen molar-refractivity contribution < 1.29 is 23.7 Å². The van der Waals surface area contributed by atoms with Crippen molar-refractivity contribution in [1.29, 1.82) is 0 Å². The van der Waals surface area contributed by atoms with Crippen LogP contribution in [0.1, 0.15) is 23.1 Å². The largest absolute Gasteiger partial charge is 0.374 e. The fraction of sp³-hybridized carbons (Fsp3) is 0.357. The molecule has 3 aromatic carbocycles. The Labute approximate surface area is 196 Å². The van der Waals surface area contributed by atoms with Gasteiger partial charge in [0.25, 0.3) is 0 Å². The molecule has 0 radical (unpaired) electrons. The summed E-state index contributed by atoms with van der Waals surface area (Å²) in [4.78, 5) is 0. The zero-order chi connectivity index (χ0) is 22.7. The second-order valence-corrected chi connectivity index (χ2v) is 8.19. The average molecular weight is 449 g/mol. The Balaban J connectivity index is 1.39. The third-order valence-corrected chi connectivity index (χ3v) is 5.73. The molecule has 0 saturated carbocycles. The minimum absolute atomic E-state index is 0.173. The molecule has 0 bridgehead atoms. The van der Waals surface area contributed by atoms with Crippen LogP contribution in [0, 0.1) is 0 Å². The Morgan fingerprint density at radius 2 is 1.15 bits per heavy atom. The van der Waals surface area contributed by atoms with Crippen LogP contribution in [0.2, 0.25) is 0 Å². The molecule has 1 heterocycles. The van der Waals surface area contributed by atoms with Crippen LogP contribution < -0.4 is 0 Å². The maximum atomic E-state index is 6.32. The van der Waals surface area contributed by atoms with Crippen molar-refractivity contribution in [2.75, 3.05) is 13.7 Å². The maximum absolute atomic E-state index is 6.32. The van der Waals surface area contributed by atoms with Crippen molar-refractivity contribution in [3.63, 3.8) is 0 Å². The molecular formula is C28H32O5. The van der Waals surface area contributed by atoms with E-state index >= 15 is 0 Å². The third kappa shape index (κ3) is 7.22. The van der Waals surface area contributed by atoms with Gasteiger partial charge in [-0.25, -0.2) is 0 Å². The van der Waals surface area contributed by atoms with Crippen molar-refractivity contribution in [2.24, 2.45) is 0 Å². The Morgan fingerprint density at radius 3 is 1.67 bits per heavy atom. The van der Waals surface area contributed by atoms with E-state index in [9.17, 15) is 0 Å². The molecule has 0 aliphatic carbocycles. The van der Waals surface area contributed by atoms with Crippen LogP contribution in [0.15, 0.2) is 91.0 Å². The first kappa shape index (κ1) is 23.6. The highest BCUT2D eigenvalue weighted by Gasteiger charge is 2.39. The molecule has 0 N–H and O–H groups in total.